The third kappa shape index (κ3) is 2.48. The van der Waals surface area contributed by atoms with Gasteiger partial charge in [-0.3, -0.25) is 4.79 Å². The van der Waals surface area contributed by atoms with Crippen molar-refractivity contribution in [2.24, 2.45) is 11.7 Å². The van der Waals surface area contributed by atoms with Crippen molar-refractivity contribution in [2.75, 3.05) is 20.2 Å². The molecule has 0 spiro atoms. The number of benzene rings is 1. The number of carbonyl (C=O) groups is 1. The summed E-state index contributed by atoms with van der Waals surface area (Å²) in [6.45, 7) is 3.38. The molecule has 4 nitrogen and oxygen atoms in total. The molecule has 98 valence electrons. The predicted octanol–water partition coefficient (Wildman–Crippen LogP) is 1.56. The molecule has 1 heterocycles. The topological polar surface area (TPSA) is 55.6 Å². The fourth-order valence-electron chi connectivity index (χ4n) is 2.42. The van der Waals surface area contributed by atoms with Crippen LogP contribution in [0.5, 0.6) is 5.75 Å². The number of hydrogen-bond donors (Lipinski definition) is 1. The van der Waals surface area contributed by atoms with Crippen LogP contribution >= 0.6 is 0 Å². The molecule has 1 aromatic carbocycles. The molecular weight excluding hydrogens is 228 g/mol. The fourth-order valence-corrected chi connectivity index (χ4v) is 2.42. The third-order valence-electron chi connectivity index (χ3n) is 3.62. The molecule has 0 saturated carbocycles. The van der Waals surface area contributed by atoms with Gasteiger partial charge in [0, 0.05) is 13.0 Å². The standard InChI is InChI=1S/C14H20N2O2/c1-10(12-4-3-5-13(7-12)18-2)16-9-11(8-15)6-14(16)17/h3-5,7,10-11H,6,8-9,15H2,1-2H3. The van der Waals surface area contributed by atoms with Gasteiger partial charge in [-0.1, -0.05) is 12.1 Å². The highest BCUT2D eigenvalue weighted by Gasteiger charge is 2.32. The SMILES string of the molecule is COc1cccc(C(C)N2CC(CN)CC2=O)c1. The van der Waals surface area contributed by atoms with E-state index in [4.69, 9.17) is 10.5 Å². The van der Waals surface area contributed by atoms with Gasteiger partial charge in [0.25, 0.3) is 0 Å². The van der Waals surface area contributed by atoms with Gasteiger partial charge in [0.1, 0.15) is 5.75 Å². The Hall–Kier alpha value is -1.55. The molecule has 2 rings (SSSR count). The minimum absolute atomic E-state index is 0.0733. The van der Waals surface area contributed by atoms with Crippen LogP contribution in [0, 0.1) is 5.92 Å². The van der Waals surface area contributed by atoms with E-state index < -0.39 is 0 Å². The van der Waals surface area contributed by atoms with Crippen LogP contribution in [-0.2, 0) is 4.79 Å². The summed E-state index contributed by atoms with van der Waals surface area (Å²) < 4.78 is 5.21. The Morgan fingerprint density at radius 1 is 1.56 bits per heavy atom. The van der Waals surface area contributed by atoms with Crippen LogP contribution in [0.1, 0.15) is 24.9 Å². The number of nitrogens with two attached hydrogens (primary N) is 1. The zero-order chi connectivity index (χ0) is 13.1. The molecule has 1 aliphatic rings. The quantitative estimate of drug-likeness (QED) is 0.879. The van der Waals surface area contributed by atoms with Crippen molar-refractivity contribution in [3.8, 4) is 5.75 Å². The number of likely N-dealkylation sites (tertiary alicyclic amines) is 1. The molecule has 1 aliphatic heterocycles. The van der Waals surface area contributed by atoms with Crippen LogP contribution in [0.3, 0.4) is 0 Å². The minimum atomic E-state index is 0.0733. The Morgan fingerprint density at radius 2 is 2.33 bits per heavy atom. The maximum absolute atomic E-state index is 12.0. The summed E-state index contributed by atoms with van der Waals surface area (Å²) in [6, 6.07) is 7.93. The Balaban J connectivity index is 2.15. The lowest BCUT2D eigenvalue weighted by atomic mass is 10.1. The number of amides is 1. The van der Waals surface area contributed by atoms with E-state index in [1.807, 2.05) is 36.1 Å². The second-order valence-electron chi connectivity index (χ2n) is 4.80. The Kier molecular flexibility index (Phi) is 3.87. The van der Waals surface area contributed by atoms with Crippen LogP contribution in [0.2, 0.25) is 0 Å². The summed E-state index contributed by atoms with van der Waals surface area (Å²) in [5.41, 5.74) is 6.74. The van der Waals surface area contributed by atoms with Gasteiger partial charge in [-0.2, -0.15) is 0 Å². The number of rotatable bonds is 4. The molecule has 0 aliphatic carbocycles. The number of ether oxygens (including phenoxy) is 1. The van der Waals surface area contributed by atoms with Crippen molar-refractivity contribution >= 4 is 5.91 Å². The molecule has 0 aromatic heterocycles. The molecule has 1 fully saturated rings. The van der Waals surface area contributed by atoms with Crippen LogP contribution < -0.4 is 10.5 Å². The van der Waals surface area contributed by atoms with E-state index >= 15 is 0 Å². The largest absolute Gasteiger partial charge is 0.497 e. The van der Waals surface area contributed by atoms with E-state index in [0.717, 1.165) is 17.9 Å². The van der Waals surface area contributed by atoms with E-state index in [2.05, 4.69) is 0 Å². The Bertz CT molecular complexity index is 434. The first kappa shape index (κ1) is 12.9. The van der Waals surface area contributed by atoms with Crippen molar-refractivity contribution < 1.29 is 9.53 Å². The molecule has 1 saturated heterocycles. The normalized spacial score (nSPS) is 21.2. The average molecular weight is 248 g/mol. The first-order valence-electron chi connectivity index (χ1n) is 6.29. The van der Waals surface area contributed by atoms with E-state index in [1.54, 1.807) is 7.11 Å². The van der Waals surface area contributed by atoms with Gasteiger partial charge in [0.2, 0.25) is 5.91 Å². The monoisotopic (exact) mass is 248 g/mol. The van der Waals surface area contributed by atoms with Gasteiger partial charge in [-0.25, -0.2) is 0 Å². The van der Waals surface area contributed by atoms with Gasteiger partial charge >= 0.3 is 0 Å². The van der Waals surface area contributed by atoms with Crippen LogP contribution in [0.4, 0.5) is 0 Å². The summed E-state index contributed by atoms with van der Waals surface area (Å²) in [4.78, 5) is 13.9. The van der Waals surface area contributed by atoms with E-state index in [9.17, 15) is 4.79 Å². The first-order chi connectivity index (χ1) is 8.65. The highest BCUT2D eigenvalue weighted by molar-refractivity contribution is 5.79. The van der Waals surface area contributed by atoms with Crippen LogP contribution in [0.15, 0.2) is 24.3 Å². The summed E-state index contributed by atoms with van der Waals surface area (Å²) in [5, 5.41) is 0. The van der Waals surface area contributed by atoms with Gasteiger partial charge in [0.05, 0.1) is 13.2 Å². The first-order valence-corrected chi connectivity index (χ1v) is 6.29. The maximum Gasteiger partial charge on any atom is 0.223 e. The third-order valence-corrected chi connectivity index (χ3v) is 3.62. The number of methoxy groups -OCH3 is 1. The lowest BCUT2D eigenvalue weighted by Gasteiger charge is -2.25. The summed E-state index contributed by atoms with van der Waals surface area (Å²) in [6.07, 6.45) is 0.574. The summed E-state index contributed by atoms with van der Waals surface area (Å²) in [5.74, 6) is 1.31. The molecule has 0 radical (unpaired) electrons. The number of hydrogen-bond acceptors (Lipinski definition) is 3. The molecule has 2 unspecified atom stereocenters. The van der Waals surface area contributed by atoms with E-state index in [0.29, 0.717) is 18.9 Å². The summed E-state index contributed by atoms with van der Waals surface area (Å²) >= 11 is 0. The molecule has 0 bridgehead atoms. The van der Waals surface area contributed by atoms with Gasteiger partial charge < -0.3 is 15.4 Å². The Labute approximate surface area is 108 Å². The van der Waals surface area contributed by atoms with Gasteiger partial charge in [-0.05, 0) is 37.1 Å². The summed E-state index contributed by atoms with van der Waals surface area (Å²) in [7, 11) is 1.65. The van der Waals surface area contributed by atoms with Gasteiger partial charge in [0.15, 0.2) is 0 Å². The highest BCUT2D eigenvalue weighted by atomic mass is 16.5. The van der Waals surface area contributed by atoms with Crippen molar-refractivity contribution in [2.45, 2.75) is 19.4 Å². The lowest BCUT2D eigenvalue weighted by molar-refractivity contribution is -0.129. The predicted molar refractivity (Wildman–Crippen MR) is 70.3 cm³/mol. The van der Waals surface area contributed by atoms with Crippen LogP contribution in [-0.4, -0.2) is 31.0 Å². The molecule has 1 aromatic rings. The van der Waals surface area contributed by atoms with E-state index in [-0.39, 0.29) is 11.9 Å². The zero-order valence-corrected chi connectivity index (χ0v) is 10.9. The Morgan fingerprint density at radius 3 is 2.94 bits per heavy atom. The smallest absolute Gasteiger partial charge is 0.223 e. The average Bonchev–Trinajstić information content (AvgIpc) is 2.79. The zero-order valence-electron chi connectivity index (χ0n) is 10.9. The van der Waals surface area contributed by atoms with Crippen molar-refractivity contribution in [1.29, 1.82) is 0 Å². The molecule has 2 N–H and O–H groups in total. The lowest BCUT2D eigenvalue weighted by Crippen LogP contribution is -2.29. The molecule has 4 heteroatoms. The fraction of sp³-hybridized carbons (Fsp3) is 0.500. The molecule has 18 heavy (non-hydrogen) atoms. The minimum Gasteiger partial charge on any atom is -0.497 e. The number of nitrogens with zero attached hydrogens (tertiary/aromatic N) is 1. The second-order valence-corrected chi connectivity index (χ2v) is 4.80. The molecule has 2 atom stereocenters. The highest BCUT2D eigenvalue weighted by Crippen LogP contribution is 2.29. The van der Waals surface area contributed by atoms with Crippen molar-refractivity contribution in [1.82, 2.24) is 4.90 Å². The second kappa shape index (κ2) is 5.40. The van der Waals surface area contributed by atoms with Crippen molar-refractivity contribution in [3.05, 3.63) is 29.8 Å². The van der Waals surface area contributed by atoms with E-state index in [1.165, 1.54) is 0 Å². The maximum atomic E-state index is 12.0. The number of carbonyl (C=O) groups excluding carboxylic acids is 1. The van der Waals surface area contributed by atoms with Crippen LogP contribution in [0.25, 0.3) is 0 Å². The molecule has 1 amide bonds. The van der Waals surface area contributed by atoms with Gasteiger partial charge in [-0.15, -0.1) is 0 Å². The molecular formula is C14H20N2O2. The van der Waals surface area contributed by atoms with Crippen molar-refractivity contribution in [3.63, 3.8) is 0 Å².